The van der Waals surface area contributed by atoms with Crippen molar-refractivity contribution in [1.82, 2.24) is 5.32 Å². The molecule has 1 N–H and O–H groups in total. The summed E-state index contributed by atoms with van der Waals surface area (Å²) in [7, 11) is 1.45. The lowest BCUT2D eigenvalue weighted by atomic mass is 9.93. The third-order valence-electron chi connectivity index (χ3n) is 2.79. The quantitative estimate of drug-likeness (QED) is 0.747. The molecule has 88 valence electrons. The van der Waals surface area contributed by atoms with Gasteiger partial charge < -0.3 is 10.1 Å². The molecular weight excluding hydrogens is 210 g/mol. The van der Waals surface area contributed by atoms with Crippen LogP contribution in [0.25, 0.3) is 0 Å². The van der Waals surface area contributed by atoms with Crippen molar-refractivity contribution < 1.29 is 9.53 Å². The fourth-order valence-electron chi connectivity index (χ4n) is 1.65. The predicted molar refractivity (Wildman–Crippen MR) is 64.1 cm³/mol. The number of rotatable bonds is 4. The zero-order valence-corrected chi connectivity index (χ0v) is 10.7. The third kappa shape index (κ3) is 4.03. The number of hydrogen-bond acceptors (Lipinski definition) is 4. The summed E-state index contributed by atoms with van der Waals surface area (Å²) in [4.78, 5) is 11.4. The van der Waals surface area contributed by atoms with Gasteiger partial charge >= 0.3 is 5.97 Å². The van der Waals surface area contributed by atoms with Gasteiger partial charge in [-0.15, -0.1) is 0 Å². The third-order valence-corrected chi connectivity index (χ3v) is 3.84. The van der Waals surface area contributed by atoms with Gasteiger partial charge in [0.25, 0.3) is 0 Å². The Kier molecular flexibility index (Phi) is 4.93. The Balaban J connectivity index is 2.31. The number of methoxy groups -OCH3 is 1. The summed E-state index contributed by atoms with van der Waals surface area (Å²) < 4.78 is 4.77. The van der Waals surface area contributed by atoms with Crippen LogP contribution in [0.2, 0.25) is 0 Å². The smallest absolute Gasteiger partial charge is 0.312 e. The Bertz CT molecular complexity index is 213. The van der Waals surface area contributed by atoms with Crippen molar-refractivity contribution in [2.75, 3.05) is 25.2 Å². The fraction of sp³-hybridized carbons (Fsp3) is 0.909. The Labute approximate surface area is 96.3 Å². The lowest BCUT2D eigenvalue weighted by molar-refractivity contribution is -0.150. The van der Waals surface area contributed by atoms with Gasteiger partial charge in [-0.1, -0.05) is 0 Å². The highest BCUT2D eigenvalue weighted by Gasteiger charge is 2.29. The van der Waals surface area contributed by atoms with Crippen molar-refractivity contribution in [2.24, 2.45) is 5.41 Å². The van der Waals surface area contributed by atoms with E-state index < -0.39 is 5.41 Å². The molecule has 1 heterocycles. The number of thioether (sulfide) groups is 1. The number of carbonyl (C=O) groups excluding carboxylic acids is 1. The Hall–Kier alpha value is -0.220. The van der Waals surface area contributed by atoms with Gasteiger partial charge in [0, 0.05) is 12.6 Å². The van der Waals surface area contributed by atoms with Crippen LogP contribution < -0.4 is 5.32 Å². The van der Waals surface area contributed by atoms with Gasteiger partial charge in [-0.2, -0.15) is 11.8 Å². The first kappa shape index (κ1) is 12.8. The predicted octanol–water partition coefficient (Wildman–Crippen LogP) is 1.67. The van der Waals surface area contributed by atoms with Crippen molar-refractivity contribution in [1.29, 1.82) is 0 Å². The van der Waals surface area contributed by atoms with Crippen LogP contribution >= 0.6 is 11.8 Å². The van der Waals surface area contributed by atoms with E-state index in [0.717, 1.165) is 0 Å². The van der Waals surface area contributed by atoms with Crippen LogP contribution in [0.1, 0.15) is 26.7 Å². The molecule has 0 saturated carbocycles. The highest BCUT2D eigenvalue weighted by atomic mass is 32.2. The van der Waals surface area contributed by atoms with Gasteiger partial charge in [-0.05, 0) is 38.2 Å². The first-order chi connectivity index (χ1) is 7.06. The van der Waals surface area contributed by atoms with Crippen LogP contribution in [-0.2, 0) is 9.53 Å². The Morgan fingerprint density at radius 1 is 1.47 bits per heavy atom. The standard InChI is InChI=1S/C11H21NO2S/c1-11(2,10(13)14-3)8-12-9-4-6-15-7-5-9/h9,12H,4-8H2,1-3H3. The van der Waals surface area contributed by atoms with E-state index in [-0.39, 0.29) is 5.97 Å². The zero-order chi connectivity index (χ0) is 11.3. The van der Waals surface area contributed by atoms with Gasteiger partial charge in [0.15, 0.2) is 0 Å². The number of nitrogens with one attached hydrogen (secondary N) is 1. The number of ether oxygens (including phenoxy) is 1. The first-order valence-electron chi connectivity index (χ1n) is 5.46. The summed E-state index contributed by atoms with van der Waals surface area (Å²) in [6.07, 6.45) is 2.42. The summed E-state index contributed by atoms with van der Waals surface area (Å²) >= 11 is 2.01. The van der Waals surface area contributed by atoms with Gasteiger partial charge in [-0.3, -0.25) is 4.79 Å². The molecule has 1 aliphatic rings. The second kappa shape index (κ2) is 5.75. The molecule has 0 amide bonds. The van der Waals surface area contributed by atoms with Crippen LogP contribution in [0.4, 0.5) is 0 Å². The molecule has 4 heteroatoms. The maximum absolute atomic E-state index is 11.4. The van der Waals surface area contributed by atoms with Crippen LogP contribution in [-0.4, -0.2) is 37.2 Å². The summed E-state index contributed by atoms with van der Waals surface area (Å²) in [5.74, 6) is 2.33. The van der Waals surface area contributed by atoms with Crippen molar-refractivity contribution in [3.63, 3.8) is 0 Å². The molecule has 0 radical (unpaired) electrons. The SMILES string of the molecule is COC(=O)C(C)(C)CNC1CCSCC1. The average molecular weight is 231 g/mol. The molecule has 0 aromatic heterocycles. The van der Waals surface area contributed by atoms with Gasteiger partial charge in [-0.25, -0.2) is 0 Å². The van der Waals surface area contributed by atoms with Crippen LogP contribution in [0, 0.1) is 5.41 Å². The highest BCUT2D eigenvalue weighted by molar-refractivity contribution is 7.99. The maximum atomic E-state index is 11.4. The summed E-state index contributed by atoms with van der Waals surface area (Å²) in [6.45, 7) is 4.54. The lowest BCUT2D eigenvalue weighted by Crippen LogP contribution is -2.42. The van der Waals surface area contributed by atoms with Crippen molar-refractivity contribution in [3.8, 4) is 0 Å². The minimum Gasteiger partial charge on any atom is -0.469 e. The molecule has 0 spiro atoms. The van der Waals surface area contributed by atoms with E-state index in [1.165, 1.54) is 31.5 Å². The molecule has 15 heavy (non-hydrogen) atoms. The fourth-order valence-corrected chi connectivity index (χ4v) is 2.76. The minimum absolute atomic E-state index is 0.139. The second-order valence-electron chi connectivity index (χ2n) is 4.64. The van der Waals surface area contributed by atoms with Crippen molar-refractivity contribution >= 4 is 17.7 Å². The largest absolute Gasteiger partial charge is 0.469 e. The van der Waals surface area contributed by atoms with Crippen LogP contribution in [0.3, 0.4) is 0 Å². The Morgan fingerprint density at radius 2 is 2.07 bits per heavy atom. The van der Waals surface area contributed by atoms with E-state index in [2.05, 4.69) is 5.32 Å². The van der Waals surface area contributed by atoms with Gasteiger partial charge in [0.1, 0.15) is 0 Å². The molecular formula is C11H21NO2S. The average Bonchev–Trinajstić information content (AvgIpc) is 2.27. The molecule has 1 aliphatic heterocycles. The molecule has 3 nitrogen and oxygen atoms in total. The van der Waals surface area contributed by atoms with Crippen molar-refractivity contribution in [2.45, 2.75) is 32.7 Å². The molecule has 1 rings (SSSR count). The molecule has 1 fully saturated rings. The monoisotopic (exact) mass is 231 g/mol. The zero-order valence-electron chi connectivity index (χ0n) is 9.84. The molecule has 0 bridgehead atoms. The van der Waals surface area contributed by atoms with E-state index in [4.69, 9.17) is 4.74 Å². The molecule has 0 unspecified atom stereocenters. The van der Waals surface area contributed by atoms with E-state index in [1.54, 1.807) is 0 Å². The van der Waals surface area contributed by atoms with Crippen LogP contribution in [0.5, 0.6) is 0 Å². The number of carbonyl (C=O) groups is 1. The summed E-state index contributed by atoms with van der Waals surface area (Å²) in [5, 5.41) is 3.46. The molecule has 0 atom stereocenters. The van der Waals surface area contributed by atoms with E-state index in [9.17, 15) is 4.79 Å². The normalized spacial score (nSPS) is 18.9. The number of esters is 1. The van der Waals surface area contributed by atoms with E-state index in [1.807, 2.05) is 25.6 Å². The minimum atomic E-state index is -0.417. The molecule has 0 aromatic carbocycles. The van der Waals surface area contributed by atoms with E-state index >= 15 is 0 Å². The number of hydrogen-bond donors (Lipinski definition) is 1. The summed E-state index contributed by atoms with van der Waals surface area (Å²) in [5.41, 5.74) is -0.417. The van der Waals surface area contributed by atoms with Crippen molar-refractivity contribution in [3.05, 3.63) is 0 Å². The summed E-state index contributed by atoms with van der Waals surface area (Å²) in [6, 6.07) is 0.579. The molecule has 1 saturated heterocycles. The highest BCUT2D eigenvalue weighted by Crippen LogP contribution is 2.20. The lowest BCUT2D eigenvalue weighted by Gasteiger charge is -2.28. The van der Waals surface area contributed by atoms with Gasteiger partial charge in [0.05, 0.1) is 12.5 Å². The van der Waals surface area contributed by atoms with E-state index in [0.29, 0.717) is 12.6 Å². The topological polar surface area (TPSA) is 38.3 Å². The maximum Gasteiger partial charge on any atom is 0.312 e. The van der Waals surface area contributed by atoms with Gasteiger partial charge in [0.2, 0.25) is 0 Å². The van der Waals surface area contributed by atoms with Crippen LogP contribution in [0.15, 0.2) is 0 Å². The first-order valence-corrected chi connectivity index (χ1v) is 6.61. The molecule has 0 aliphatic carbocycles. The molecule has 0 aromatic rings. The second-order valence-corrected chi connectivity index (χ2v) is 5.87. The Morgan fingerprint density at radius 3 is 2.60 bits per heavy atom.